The fourth-order valence-electron chi connectivity index (χ4n) is 2.24. The first-order valence-electron chi connectivity index (χ1n) is 7.16. The third-order valence-corrected chi connectivity index (χ3v) is 3.41. The molecule has 0 aliphatic heterocycles. The van der Waals surface area contributed by atoms with Gasteiger partial charge in [0.2, 0.25) is 5.91 Å². The van der Waals surface area contributed by atoms with E-state index >= 15 is 0 Å². The van der Waals surface area contributed by atoms with E-state index in [0.29, 0.717) is 5.76 Å². The number of carbonyl (C=O) groups is 1. The highest BCUT2D eigenvalue weighted by atomic mass is 16.3. The van der Waals surface area contributed by atoms with Gasteiger partial charge in [-0.25, -0.2) is 0 Å². The fourth-order valence-corrected chi connectivity index (χ4v) is 2.24. The molecule has 0 unspecified atom stereocenters. The van der Waals surface area contributed by atoms with E-state index in [9.17, 15) is 4.79 Å². The minimum atomic E-state index is -0.180. The molecule has 0 atom stereocenters. The number of rotatable bonds is 3. The van der Waals surface area contributed by atoms with Gasteiger partial charge >= 0.3 is 0 Å². The monoisotopic (exact) mass is 291 g/mol. The van der Waals surface area contributed by atoms with E-state index < -0.39 is 0 Å². The molecule has 0 saturated heterocycles. The molecule has 22 heavy (non-hydrogen) atoms. The number of nitrogens with one attached hydrogen (secondary N) is 1. The zero-order chi connectivity index (χ0) is 15.5. The molecule has 1 N–H and O–H groups in total. The van der Waals surface area contributed by atoms with Gasteiger partial charge in [0.25, 0.3) is 0 Å². The number of furan rings is 1. The van der Waals surface area contributed by atoms with Gasteiger partial charge in [-0.1, -0.05) is 29.3 Å². The summed E-state index contributed by atoms with van der Waals surface area (Å²) < 4.78 is 5.67. The molecule has 0 aliphatic carbocycles. The van der Waals surface area contributed by atoms with Crippen molar-refractivity contribution in [3.05, 3.63) is 71.5 Å². The van der Waals surface area contributed by atoms with Crippen LogP contribution in [0.5, 0.6) is 0 Å². The summed E-state index contributed by atoms with van der Waals surface area (Å²) in [5, 5.41) is 3.86. The van der Waals surface area contributed by atoms with Gasteiger partial charge < -0.3 is 9.73 Å². The Morgan fingerprint density at radius 1 is 1.00 bits per heavy atom. The minimum absolute atomic E-state index is 0.180. The van der Waals surface area contributed by atoms with Gasteiger partial charge in [-0.05, 0) is 50.3 Å². The van der Waals surface area contributed by atoms with E-state index in [1.54, 1.807) is 6.08 Å². The number of hydrogen-bond donors (Lipinski definition) is 1. The Labute approximate surface area is 129 Å². The first-order valence-corrected chi connectivity index (χ1v) is 7.16. The molecule has 0 saturated carbocycles. The molecular weight excluding hydrogens is 274 g/mol. The van der Waals surface area contributed by atoms with E-state index in [1.165, 1.54) is 11.6 Å². The molecule has 3 nitrogen and oxygen atoms in total. The number of carbonyl (C=O) groups excluding carboxylic acids is 1. The molecule has 3 rings (SSSR count). The number of benzene rings is 2. The summed E-state index contributed by atoms with van der Waals surface area (Å²) in [5.74, 6) is 0.486. The number of anilines is 1. The highest BCUT2D eigenvalue weighted by Crippen LogP contribution is 2.21. The van der Waals surface area contributed by atoms with E-state index in [2.05, 4.69) is 11.4 Å². The summed E-state index contributed by atoms with van der Waals surface area (Å²) in [6, 6.07) is 15.6. The van der Waals surface area contributed by atoms with Crippen molar-refractivity contribution in [1.82, 2.24) is 0 Å². The average molecular weight is 291 g/mol. The van der Waals surface area contributed by atoms with E-state index in [4.69, 9.17) is 4.42 Å². The van der Waals surface area contributed by atoms with Gasteiger partial charge in [0.1, 0.15) is 11.3 Å². The summed E-state index contributed by atoms with van der Waals surface area (Å²) in [7, 11) is 0. The molecule has 0 radical (unpaired) electrons. The molecule has 0 bridgehead atoms. The largest absolute Gasteiger partial charge is 0.457 e. The summed E-state index contributed by atoms with van der Waals surface area (Å²) in [4.78, 5) is 11.9. The van der Waals surface area contributed by atoms with Crippen LogP contribution in [0.4, 0.5) is 5.69 Å². The van der Waals surface area contributed by atoms with Crippen LogP contribution in [0.25, 0.3) is 17.0 Å². The van der Waals surface area contributed by atoms with E-state index in [0.717, 1.165) is 22.2 Å². The van der Waals surface area contributed by atoms with Gasteiger partial charge in [-0.2, -0.15) is 0 Å². The van der Waals surface area contributed by atoms with Crippen LogP contribution in [-0.4, -0.2) is 5.91 Å². The Balaban J connectivity index is 1.71. The Kier molecular flexibility index (Phi) is 3.79. The molecule has 1 heterocycles. The van der Waals surface area contributed by atoms with Gasteiger partial charge in [0, 0.05) is 17.1 Å². The SMILES string of the molecule is Cc1ccc(NC(=O)/C=C/c2cc3cc(C)ccc3o2)cc1. The van der Waals surface area contributed by atoms with Crippen molar-refractivity contribution in [2.75, 3.05) is 5.32 Å². The van der Waals surface area contributed by atoms with Crippen molar-refractivity contribution >= 4 is 28.6 Å². The summed E-state index contributed by atoms with van der Waals surface area (Å²) in [5.41, 5.74) is 3.94. The van der Waals surface area contributed by atoms with Crippen molar-refractivity contribution in [3.8, 4) is 0 Å². The van der Waals surface area contributed by atoms with Gasteiger partial charge in [-0.15, -0.1) is 0 Å². The normalized spacial score (nSPS) is 11.2. The second kappa shape index (κ2) is 5.90. The van der Waals surface area contributed by atoms with Crippen LogP contribution in [0.15, 0.2) is 59.0 Å². The smallest absolute Gasteiger partial charge is 0.248 e. The van der Waals surface area contributed by atoms with E-state index in [-0.39, 0.29) is 5.91 Å². The van der Waals surface area contributed by atoms with Crippen LogP contribution >= 0.6 is 0 Å². The average Bonchev–Trinajstić information content (AvgIpc) is 2.89. The second-order valence-electron chi connectivity index (χ2n) is 5.38. The summed E-state index contributed by atoms with van der Waals surface area (Å²) >= 11 is 0. The van der Waals surface area contributed by atoms with Crippen molar-refractivity contribution < 1.29 is 9.21 Å². The topological polar surface area (TPSA) is 42.2 Å². The highest BCUT2D eigenvalue weighted by Gasteiger charge is 2.02. The van der Waals surface area contributed by atoms with Gasteiger partial charge in [0.05, 0.1) is 0 Å². The van der Waals surface area contributed by atoms with Crippen LogP contribution in [0.2, 0.25) is 0 Å². The zero-order valence-corrected chi connectivity index (χ0v) is 12.6. The number of fused-ring (bicyclic) bond motifs is 1. The van der Waals surface area contributed by atoms with Crippen LogP contribution in [0.1, 0.15) is 16.9 Å². The van der Waals surface area contributed by atoms with Crippen LogP contribution in [0, 0.1) is 13.8 Å². The fraction of sp³-hybridized carbons (Fsp3) is 0.105. The quantitative estimate of drug-likeness (QED) is 0.711. The lowest BCUT2D eigenvalue weighted by Gasteiger charge is -2.01. The number of aryl methyl sites for hydroxylation is 2. The second-order valence-corrected chi connectivity index (χ2v) is 5.38. The standard InChI is InChI=1S/C19H17NO2/c1-13-3-6-16(7-4-13)20-19(21)10-8-17-12-15-11-14(2)5-9-18(15)22-17/h3-12H,1-2H3,(H,20,21)/b10-8+. The molecule has 110 valence electrons. The maximum absolute atomic E-state index is 11.9. The van der Waals surface area contributed by atoms with Crippen LogP contribution < -0.4 is 5.32 Å². The lowest BCUT2D eigenvalue weighted by atomic mass is 10.2. The molecule has 0 fully saturated rings. The molecular formula is C19H17NO2. The third-order valence-electron chi connectivity index (χ3n) is 3.41. The Morgan fingerprint density at radius 2 is 1.73 bits per heavy atom. The molecule has 3 aromatic rings. The first kappa shape index (κ1) is 14.1. The first-order chi connectivity index (χ1) is 10.6. The molecule has 3 heteroatoms. The Hall–Kier alpha value is -2.81. The van der Waals surface area contributed by atoms with Crippen molar-refractivity contribution in [3.63, 3.8) is 0 Å². The third kappa shape index (κ3) is 3.26. The summed E-state index contributed by atoms with van der Waals surface area (Å²) in [6.07, 6.45) is 3.16. The number of hydrogen-bond acceptors (Lipinski definition) is 2. The molecule has 1 aromatic heterocycles. The Bertz CT molecular complexity index is 842. The molecule has 1 amide bonds. The summed E-state index contributed by atoms with van der Waals surface area (Å²) in [6.45, 7) is 4.05. The molecule has 0 aliphatic rings. The maximum Gasteiger partial charge on any atom is 0.248 e. The molecule has 0 spiro atoms. The van der Waals surface area contributed by atoms with Crippen LogP contribution in [-0.2, 0) is 4.79 Å². The van der Waals surface area contributed by atoms with Crippen molar-refractivity contribution in [2.24, 2.45) is 0 Å². The van der Waals surface area contributed by atoms with E-state index in [1.807, 2.05) is 56.3 Å². The lowest BCUT2D eigenvalue weighted by molar-refractivity contribution is -0.111. The van der Waals surface area contributed by atoms with Crippen LogP contribution in [0.3, 0.4) is 0 Å². The highest BCUT2D eigenvalue weighted by molar-refractivity contribution is 6.02. The predicted molar refractivity (Wildman–Crippen MR) is 89.8 cm³/mol. The van der Waals surface area contributed by atoms with Crippen molar-refractivity contribution in [2.45, 2.75) is 13.8 Å². The van der Waals surface area contributed by atoms with Gasteiger partial charge in [-0.3, -0.25) is 4.79 Å². The van der Waals surface area contributed by atoms with Gasteiger partial charge in [0.15, 0.2) is 0 Å². The maximum atomic E-state index is 11.9. The van der Waals surface area contributed by atoms with Crippen molar-refractivity contribution in [1.29, 1.82) is 0 Å². The minimum Gasteiger partial charge on any atom is -0.457 e. The molecule has 2 aromatic carbocycles. The number of amides is 1. The zero-order valence-electron chi connectivity index (χ0n) is 12.6. The lowest BCUT2D eigenvalue weighted by Crippen LogP contribution is -2.07. The Morgan fingerprint density at radius 3 is 2.50 bits per heavy atom. The predicted octanol–water partition coefficient (Wildman–Crippen LogP) is 4.70.